The first-order valence-electron chi connectivity index (χ1n) is 12.1. The van der Waals surface area contributed by atoms with Crippen LogP contribution in [0.25, 0.3) is 0 Å². The maximum Gasteiger partial charge on any atom is 0.0190 e. The van der Waals surface area contributed by atoms with Crippen LogP contribution in [0.3, 0.4) is 0 Å². The lowest BCUT2D eigenvalue weighted by Crippen LogP contribution is -2.02. The van der Waals surface area contributed by atoms with Gasteiger partial charge in [0, 0.05) is 23.0 Å². The third kappa shape index (κ3) is 7.38. The van der Waals surface area contributed by atoms with E-state index in [1.54, 1.807) is 16.7 Å². The number of thioether (sulfide) groups is 2. The topological polar surface area (TPSA) is 0 Å². The quantitative estimate of drug-likeness (QED) is 0.338. The Morgan fingerprint density at radius 3 is 1.57 bits per heavy atom. The predicted molar refractivity (Wildman–Crippen MR) is 139 cm³/mol. The molecule has 0 atom stereocenters. The van der Waals surface area contributed by atoms with Crippen LogP contribution in [-0.2, 0) is 29.4 Å². The van der Waals surface area contributed by atoms with Crippen molar-refractivity contribution in [2.24, 2.45) is 0 Å². The number of hydrogen-bond acceptors (Lipinski definition) is 2. The number of hydrogen-bond donors (Lipinski definition) is 0. The number of unbranched alkanes of at least 4 members (excludes halogenated alkanes) is 8. The minimum atomic E-state index is 1.13. The highest BCUT2D eigenvalue weighted by atomic mass is 32.2. The molecule has 0 saturated carbocycles. The Kier molecular flexibility index (Phi) is 10.7. The van der Waals surface area contributed by atoms with Crippen LogP contribution in [0.5, 0.6) is 0 Å². The van der Waals surface area contributed by atoms with Crippen molar-refractivity contribution in [3.63, 3.8) is 0 Å². The van der Waals surface area contributed by atoms with Crippen LogP contribution in [0.15, 0.2) is 36.4 Å². The van der Waals surface area contributed by atoms with Gasteiger partial charge in [-0.25, -0.2) is 0 Å². The highest BCUT2D eigenvalue weighted by molar-refractivity contribution is 7.98. The molecule has 1 heterocycles. The maximum atomic E-state index is 2.39. The van der Waals surface area contributed by atoms with E-state index in [0.717, 1.165) is 23.0 Å². The summed E-state index contributed by atoms with van der Waals surface area (Å²) >= 11 is 4.18. The number of fused-ring (bicyclic) bond motifs is 4. The molecule has 0 aliphatic carbocycles. The van der Waals surface area contributed by atoms with Crippen molar-refractivity contribution in [2.75, 3.05) is 0 Å². The van der Waals surface area contributed by atoms with Gasteiger partial charge in [0.05, 0.1) is 0 Å². The predicted octanol–water partition coefficient (Wildman–Crippen LogP) is 9.25. The lowest BCUT2D eigenvalue weighted by atomic mass is 9.96. The molecule has 0 radical (unpaired) electrons. The van der Waals surface area contributed by atoms with Gasteiger partial charge >= 0.3 is 0 Å². The van der Waals surface area contributed by atoms with E-state index in [9.17, 15) is 0 Å². The Morgan fingerprint density at radius 2 is 1.03 bits per heavy atom. The van der Waals surface area contributed by atoms with Crippen LogP contribution >= 0.6 is 23.5 Å². The van der Waals surface area contributed by atoms with Crippen molar-refractivity contribution in [1.82, 2.24) is 0 Å². The van der Waals surface area contributed by atoms with Crippen LogP contribution in [0.4, 0.5) is 0 Å². The van der Waals surface area contributed by atoms with Crippen LogP contribution < -0.4 is 0 Å². The smallest absolute Gasteiger partial charge is 0.0190 e. The summed E-state index contributed by atoms with van der Waals surface area (Å²) in [6, 6.07) is 14.0. The monoisotopic (exact) mass is 440 g/mol. The average Bonchev–Trinajstić information content (AvgIpc) is 2.75. The average molecular weight is 441 g/mol. The standard InChI is InChI=1S/C28H40S2/c1-3-4-5-6-7-8-9-10-11-18-28-26-16-13-17-27(28)22-30-20-25-15-12-14-24(23(25)2)19-29-21-26/h12-17H,3-11,18-22H2,1-2H3. The molecule has 4 bridgehead atoms. The first-order valence-corrected chi connectivity index (χ1v) is 14.4. The normalized spacial score (nSPS) is 14.2. The molecule has 0 unspecified atom stereocenters. The number of benzene rings is 2. The van der Waals surface area contributed by atoms with Crippen molar-refractivity contribution in [2.45, 2.75) is 101 Å². The van der Waals surface area contributed by atoms with Gasteiger partial charge in [-0.05, 0) is 53.1 Å². The minimum Gasteiger partial charge on any atom is -0.152 e. The molecule has 30 heavy (non-hydrogen) atoms. The molecule has 2 aromatic carbocycles. The summed E-state index contributed by atoms with van der Waals surface area (Å²) in [4.78, 5) is 0. The van der Waals surface area contributed by atoms with E-state index in [1.165, 1.54) is 80.9 Å². The van der Waals surface area contributed by atoms with Gasteiger partial charge in [0.2, 0.25) is 0 Å². The van der Waals surface area contributed by atoms with E-state index in [0.29, 0.717) is 0 Å². The Hall–Kier alpha value is -0.860. The molecule has 164 valence electrons. The second kappa shape index (κ2) is 13.5. The van der Waals surface area contributed by atoms with Crippen LogP contribution in [-0.4, -0.2) is 0 Å². The van der Waals surface area contributed by atoms with Gasteiger partial charge in [0.1, 0.15) is 0 Å². The van der Waals surface area contributed by atoms with E-state index in [2.05, 4.69) is 73.8 Å². The summed E-state index contributed by atoms with van der Waals surface area (Å²) in [6.45, 7) is 4.61. The van der Waals surface area contributed by atoms with Crippen molar-refractivity contribution >= 4 is 23.5 Å². The SMILES string of the molecule is CCCCCCCCCCCc1c2cccc1CSCc1cccc(c1C)CSC2. The Bertz CT molecular complexity index is 719. The zero-order valence-corrected chi connectivity index (χ0v) is 20.8. The second-order valence-corrected chi connectivity index (χ2v) is 10.8. The molecule has 0 nitrogen and oxygen atoms in total. The molecule has 0 fully saturated rings. The Balaban J connectivity index is 1.54. The van der Waals surface area contributed by atoms with Gasteiger partial charge in [-0.1, -0.05) is 94.7 Å². The van der Waals surface area contributed by atoms with E-state index in [1.807, 2.05) is 0 Å². The van der Waals surface area contributed by atoms with E-state index in [4.69, 9.17) is 0 Å². The van der Waals surface area contributed by atoms with Gasteiger partial charge in [-0.2, -0.15) is 23.5 Å². The van der Waals surface area contributed by atoms with E-state index >= 15 is 0 Å². The summed E-state index contributed by atoms with van der Waals surface area (Å²) in [6.07, 6.45) is 14.0. The van der Waals surface area contributed by atoms with E-state index in [-0.39, 0.29) is 0 Å². The zero-order chi connectivity index (χ0) is 21.0. The van der Waals surface area contributed by atoms with Gasteiger partial charge in [-0.3, -0.25) is 0 Å². The number of rotatable bonds is 10. The van der Waals surface area contributed by atoms with Crippen molar-refractivity contribution in [1.29, 1.82) is 0 Å². The third-order valence-electron chi connectivity index (χ3n) is 6.49. The summed E-state index contributed by atoms with van der Waals surface area (Å²) < 4.78 is 0. The summed E-state index contributed by atoms with van der Waals surface area (Å²) in [7, 11) is 0. The first-order chi connectivity index (χ1) is 14.8. The van der Waals surface area contributed by atoms with Gasteiger partial charge < -0.3 is 0 Å². The maximum absolute atomic E-state index is 2.39. The minimum absolute atomic E-state index is 1.13. The van der Waals surface area contributed by atoms with Crippen molar-refractivity contribution in [3.8, 4) is 0 Å². The fourth-order valence-corrected chi connectivity index (χ4v) is 6.73. The molecule has 0 saturated heterocycles. The molecule has 3 rings (SSSR count). The van der Waals surface area contributed by atoms with Crippen LogP contribution in [0, 0.1) is 6.92 Å². The van der Waals surface area contributed by atoms with Gasteiger partial charge in [0.25, 0.3) is 0 Å². The summed E-state index contributed by atoms with van der Waals surface area (Å²) in [5.41, 5.74) is 9.41. The third-order valence-corrected chi connectivity index (χ3v) is 8.55. The summed E-state index contributed by atoms with van der Waals surface area (Å²) in [5.74, 6) is 4.56. The molecular weight excluding hydrogens is 400 g/mol. The molecular formula is C28H40S2. The molecule has 1 aliphatic rings. The van der Waals surface area contributed by atoms with E-state index < -0.39 is 0 Å². The van der Waals surface area contributed by atoms with Gasteiger partial charge in [-0.15, -0.1) is 0 Å². The Labute approximate surface area is 194 Å². The first kappa shape index (κ1) is 23.8. The molecule has 0 aromatic heterocycles. The molecule has 0 N–H and O–H groups in total. The van der Waals surface area contributed by atoms with Crippen LogP contribution in [0.1, 0.15) is 98.1 Å². The van der Waals surface area contributed by atoms with Crippen molar-refractivity contribution < 1.29 is 0 Å². The molecule has 1 aliphatic heterocycles. The lowest BCUT2D eigenvalue weighted by Gasteiger charge is -2.18. The molecule has 2 heteroatoms. The fraction of sp³-hybridized carbons (Fsp3) is 0.571. The Morgan fingerprint density at radius 1 is 0.600 bits per heavy atom. The molecule has 0 spiro atoms. The molecule has 2 aromatic rings. The van der Waals surface area contributed by atoms with Crippen molar-refractivity contribution in [3.05, 3.63) is 69.8 Å². The second-order valence-electron chi connectivity index (χ2n) is 8.82. The van der Waals surface area contributed by atoms with Crippen LogP contribution in [0.2, 0.25) is 0 Å². The molecule has 0 amide bonds. The van der Waals surface area contributed by atoms with Gasteiger partial charge in [0.15, 0.2) is 0 Å². The summed E-state index contributed by atoms with van der Waals surface area (Å²) in [5, 5.41) is 0. The lowest BCUT2D eigenvalue weighted by molar-refractivity contribution is 0.564. The highest BCUT2D eigenvalue weighted by Crippen LogP contribution is 2.31. The largest absolute Gasteiger partial charge is 0.152 e. The zero-order valence-electron chi connectivity index (χ0n) is 19.2. The fourth-order valence-electron chi connectivity index (χ4n) is 4.48. The highest BCUT2D eigenvalue weighted by Gasteiger charge is 2.12.